The molecular weight excluding hydrogens is 522 g/mol. The second-order valence-corrected chi connectivity index (χ2v) is 10.9. The number of nitrogens with zero attached hydrogens (tertiary/aromatic N) is 2. The SMILES string of the molecule is CC(C)(C)OC(=O)n1cc(-c2ccc(C[C@H](NC(=O)OCC3c4ccccc4-c4ccccc43)C(=O)O)cc2)cn1. The highest BCUT2D eigenvalue weighted by atomic mass is 16.6. The van der Waals surface area contributed by atoms with Crippen LogP contribution in [0.2, 0.25) is 0 Å². The standard InChI is InChI=1S/C32H31N3O6/c1-32(2,3)41-31(39)35-18-22(17-33-35)21-14-12-20(13-15-21)16-28(29(36)37)34-30(38)40-19-27-25-10-6-4-8-23(25)24-9-5-7-11-26(24)27/h4-15,17-18,27-28H,16,19H2,1-3H3,(H,34,38)(H,36,37)/t28-/m0/s1. The van der Waals surface area contributed by atoms with Gasteiger partial charge in [-0.2, -0.15) is 9.78 Å². The molecule has 0 bridgehead atoms. The molecule has 0 saturated carbocycles. The van der Waals surface area contributed by atoms with Gasteiger partial charge in [-0.15, -0.1) is 0 Å². The number of carbonyl (C=O) groups is 3. The van der Waals surface area contributed by atoms with Crippen molar-refractivity contribution in [2.75, 3.05) is 6.61 Å². The molecule has 1 heterocycles. The maximum absolute atomic E-state index is 12.7. The highest BCUT2D eigenvalue weighted by Gasteiger charge is 2.30. The molecule has 0 spiro atoms. The molecule has 3 aromatic carbocycles. The Balaban J connectivity index is 1.20. The first-order chi connectivity index (χ1) is 19.6. The van der Waals surface area contributed by atoms with Crippen molar-refractivity contribution >= 4 is 18.2 Å². The highest BCUT2D eigenvalue weighted by Crippen LogP contribution is 2.44. The molecule has 1 amide bonds. The van der Waals surface area contributed by atoms with Crippen LogP contribution in [0.4, 0.5) is 9.59 Å². The number of rotatable bonds is 7. The zero-order chi connectivity index (χ0) is 29.1. The van der Waals surface area contributed by atoms with Gasteiger partial charge in [0.25, 0.3) is 0 Å². The summed E-state index contributed by atoms with van der Waals surface area (Å²) in [5, 5.41) is 16.3. The number of amides is 1. The molecule has 41 heavy (non-hydrogen) atoms. The summed E-state index contributed by atoms with van der Waals surface area (Å²) < 4.78 is 12.0. The van der Waals surface area contributed by atoms with Gasteiger partial charge in [-0.25, -0.2) is 14.4 Å². The van der Waals surface area contributed by atoms with Crippen LogP contribution in [0.5, 0.6) is 0 Å². The summed E-state index contributed by atoms with van der Waals surface area (Å²) in [7, 11) is 0. The van der Waals surface area contributed by atoms with Crippen LogP contribution in [0.1, 0.15) is 43.4 Å². The summed E-state index contributed by atoms with van der Waals surface area (Å²) in [6.07, 6.45) is 1.82. The van der Waals surface area contributed by atoms with E-state index in [4.69, 9.17) is 9.47 Å². The predicted octanol–water partition coefficient (Wildman–Crippen LogP) is 5.87. The maximum atomic E-state index is 12.7. The number of carbonyl (C=O) groups excluding carboxylic acids is 2. The fraction of sp³-hybridized carbons (Fsp3) is 0.250. The van der Waals surface area contributed by atoms with Crippen LogP contribution in [0.15, 0.2) is 85.2 Å². The molecule has 1 aliphatic rings. The molecule has 1 aliphatic carbocycles. The van der Waals surface area contributed by atoms with E-state index in [1.165, 1.54) is 0 Å². The van der Waals surface area contributed by atoms with Gasteiger partial charge >= 0.3 is 18.2 Å². The van der Waals surface area contributed by atoms with E-state index in [-0.39, 0.29) is 18.9 Å². The highest BCUT2D eigenvalue weighted by molar-refractivity contribution is 5.81. The van der Waals surface area contributed by atoms with Crippen LogP contribution in [0, 0.1) is 0 Å². The number of aliphatic carboxylic acids is 1. The van der Waals surface area contributed by atoms with Crippen LogP contribution in [0.3, 0.4) is 0 Å². The molecule has 0 aliphatic heterocycles. The minimum atomic E-state index is -1.17. The van der Waals surface area contributed by atoms with Gasteiger partial charge in [0.2, 0.25) is 0 Å². The molecule has 1 aromatic heterocycles. The maximum Gasteiger partial charge on any atom is 0.435 e. The summed E-state index contributed by atoms with van der Waals surface area (Å²) in [4.78, 5) is 36.9. The topological polar surface area (TPSA) is 120 Å². The number of benzene rings is 3. The number of hydrogen-bond donors (Lipinski definition) is 2. The molecule has 9 heteroatoms. The number of alkyl carbamates (subject to hydrolysis) is 1. The van der Waals surface area contributed by atoms with E-state index < -0.39 is 29.8 Å². The summed E-state index contributed by atoms with van der Waals surface area (Å²) in [6.45, 7) is 5.43. The van der Waals surface area contributed by atoms with Gasteiger partial charge in [-0.3, -0.25) is 0 Å². The fourth-order valence-corrected chi connectivity index (χ4v) is 4.93. The number of aromatic nitrogens is 2. The Labute approximate surface area is 237 Å². The minimum Gasteiger partial charge on any atom is -0.480 e. The van der Waals surface area contributed by atoms with Gasteiger partial charge in [0.15, 0.2) is 0 Å². The molecule has 1 atom stereocenters. The van der Waals surface area contributed by atoms with Gasteiger partial charge < -0.3 is 19.9 Å². The minimum absolute atomic E-state index is 0.0664. The average molecular weight is 554 g/mol. The zero-order valence-corrected chi connectivity index (χ0v) is 23.0. The van der Waals surface area contributed by atoms with Crippen molar-refractivity contribution in [3.8, 4) is 22.3 Å². The van der Waals surface area contributed by atoms with Crippen molar-refractivity contribution in [1.29, 1.82) is 0 Å². The van der Waals surface area contributed by atoms with Crippen molar-refractivity contribution < 1.29 is 29.0 Å². The monoisotopic (exact) mass is 553 g/mol. The summed E-state index contributed by atoms with van der Waals surface area (Å²) in [5.74, 6) is -1.29. The molecule has 210 valence electrons. The second-order valence-electron chi connectivity index (χ2n) is 10.9. The van der Waals surface area contributed by atoms with E-state index in [1.807, 2.05) is 48.5 Å². The van der Waals surface area contributed by atoms with Crippen molar-refractivity contribution in [3.05, 3.63) is 102 Å². The lowest BCUT2D eigenvalue weighted by Gasteiger charge is -2.18. The lowest BCUT2D eigenvalue weighted by Crippen LogP contribution is -2.42. The number of fused-ring (bicyclic) bond motifs is 3. The first-order valence-electron chi connectivity index (χ1n) is 13.3. The third-order valence-corrected chi connectivity index (χ3v) is 6.82. The van der Waals surface area contributed by atoms with Crippen molar-refractivity contribution in [1.82, 2.24) is 15.1 Å². The summed E-state index contributed by atoms with van der Waals surface area (Å²) in [6, 6.07) is 22.0. The van der Waals surface area contributed by atoms with Gasteiger partial charge in [-0.05, 0) is 54.2 Å². The zero-order valence-electron chi connectivity index (χ0n) is 23.0. The van der Waals surface area contributed by atoms with Gasteiger partial charge in [0.05, 0.1) is 6.20 Å². The molecule has 0 saturated heterocycles. The first kappa shape index (κ1) is 27.6. The normalized spacial score (nSPS) is 13.1. The van der Waals surface area contributed by atoms with Crippen molar-refractivity contribution in [3.63, 3.8) is 0 Å². The number of carboxylic acids is 1. The van der Waals surface area contributed by atoms with E-state index in [2.05, 4.69) is 10.4 Å². The number of carboxylic acid groups (broad SMARTS) is 1. The summed E-state index contributed by atoms with van der Waals surface area (Å²) >= 11 is 0. The smallest absolute Gasteiger partial charge is 0.435 e. The van der Waals surface area contributed by atoms with Crippen LogP contribution >= 0.6 is 0 Å². The number of nitrogens with one attached hydrogen (secondary N) is 1. The lowest BCUT2D eigenvalue weighted by molar-refractivity contribution is -0.139. The molecule has 5 rings (SSSR count). The molecule has 0 radical (unpaired) electrons. The van der Waals surface area contributed by atoms with Gasteiger partial charge in [0.1, 0.15) is 18.2 Å². The average Bonchev–Trinajstić information content (AvgIpc) is 3.55. The molecule has 0 unspecified atom stereocenters. The molecular formula is C32H31N3O6. The quantitative estimate of drug-likeness (QED) is 0.294. The van der Waals surface area contributed by atoms with Crippen LogP contribution in [0.25, 0.3) is 22.3 Å². The van der Waals surface area contributed by atoms with Gasteiger partial charge in [0, 0.05) is 24.1 Å². The predicted molar refractivity (Wildman–Crippen MR) is 153 cm³/mol. The Morgan fingerprint density at radius 2 is 1.54 bits per heavy atom. The largest absolute Gasteiger partial charge is 0.480 e. The molecule has 2 N–H and O–H groups in total. The molecule has 0 fully saturated rings. The van der Waals surface area contributed by atoms with Crippen LogP contribution in [-0.2, 0) is 20.7 Å². The Morgan fingerprint density at radius 3 is 2.12 bits per heavy atom. The third-order valence-electron chi connectivity index (χ3n) is 6.82. The Hall–Kier alpha value is -4.92. The van der Waals surface area contributed by atoms with E-state index in [9.17, 15) is 19.5 Å². The van der Waals surface area contributed by atoms with Crippen LogP contribution in [-0.4, -0.2) is 51.3 Å². The Kier molecular flexibility index (Phi) is 7.61. The summed E-state index contributed by atoms with van der Waals surface area (Å²) in [5.41, 5.74) is 5.94. The lowest BCUT2D eigenvalue weighted by atomic mass is 9.98. The third kappa shape index (κ3) is 6.30. The molecule has 9 nitrogen and oxygen atoms in total. The van der Waals surface area contributed by atoms with Gasteiger partial charge in [-0.1, -0.05) is 72.8 Å². The molecule has 4 aromatic rings. The number of hydrogen-bond acceptors (Lipinski definition) is 6. The van der Waals surface area contributed by atoms with Crippen LogP contribution < -0.4 is 5.32 Å². The van der Waals surface area contributed by atoms with E-state index >= 15 is 0 Å². The number of ether oxygens (including phenoxy) is 2. The van der Waals surface area contributed by atoms with E-state index in [0.29, 0.717) is 11.1 Å². The van der Waals surface area contributed by atoms with Crippen molar-refractivity contribution in [2.45, 2.75) is 44.8 Å². The van der Waals surface area contributed by atoms with E-state index in [0.717, 1.165) is 32.5 Å². The van der Waals surface area contributed by atoms with Crippen molar-refractivity contribution in [2.24, 2.45) is 0 Å². The fourth-order valence-electron chi connectivity index (χ4n) is 4.93. The Morgan fingerprint density at radius 1 is 0.927 bits per heavy atom. The Bertz CT molecular complexity index is 1540. The van der Waals surface area contributed by atoms with E-state index in [1.54, 1.807) is 57.4 Å². The second kappa shape index (κ2) is 11.3. The first-order valence-corrected chi connectivity index (χ1v) is 13.3.